The van der Waals surface area contributed by atoms with Crippen LogP contribution in [0.25, 0.3) is 0 Å². The van der Waals surface area contributed by atoms with E-state index in [1.54, 1.807) is 13.8 Å². The highest BCUT2D eigenvalue weighted by Gasteiger charge is 2.09. The van der Waals surface area contributed by atoms with Gasteiger partial charge in [0.1, 0.15) is 0 Å². The zero-order valence-corrected chi connectivity index (χ0v) is 15.4. The van der Waals surface area contributed by atoms with E-state index in [-0.39, 0.29) is 24.6 Å². The number of carbonyl (C=O) groups excluding carboxylic acids is 2. The number of carbonyl (C=O) groups is 2. The molecule has 0 aliphatic carbocycles. The Morgan fingerprint density at radius 2 is 1.22 bits per heavy atom. The maximum atomic E-state index is 11.4. The molecule has 4 nitrogen and oxygen atoms in total. The van der Waals surface area contributed by atoms with Gasteiger partial charge in [0.05, 0.1) is 5.92 Å². The molecular formula is C19H36O4. The summed E-state index contributed by atoms with van der Waals surface area (Å²) in [6.07, 6.45) is 14.2. The van der Waals surface area contributed by atoms with Crippen molar-refractivity contribution >= 4 is 11.9 Å². The summed E-state index contributed by atoms with van der Waals surface area (Å²) in [6.45, 7) is 5.48. The van der Waals surface area contributed by atoms with Crippen molar-refractivity contribution in [2.75, 3.05) is 6.79 Å². The van der Waals surface area contributed by atoms with E-state index < -0.39 is 0 Å². The molecular weight excluding hydrogens is 292 g/mol. The lowest BCUT2D eigenvalue weighted by Gasteiger charge is -2.07. The third kappa shape index (κ3) is 15.6. The van der Waals surface area contributed by atoms with Crippen LogP contribution in [0.2, 0.25) is 0 Å². The molecule has 0 aliphatic heterocycles. The van der Waals surface area contributed by atoms with Crippen LogP contribution in [0.4, 0.5) is 0 Å². The van der Waals surface area contributed by atoms with Crippen molar-refractivity contribution in [3.8, 4) is 0 Å². The Balaban J connectivity index is 3.25. The Kier molecular flexibility index (Phi) is 15.1. The molecule has 0 bridgehead atoms. The Morgan fingerprint density at radius 1 is 0.739 bits per heavy atom. The molecule has 0 spiro atoms. The number of unbranched alkanes of at least 4 members (excludes halogenated alkanes) is 10. The molecule has 0 aromatic rings. The summed E-state index contributed by atoms with van der Waals surface area (Å²) in [6, 6.07) is 0. The van der Waals surface area contributed by atoms with Crippen molar-refractivity contribution in [2.45, 2.75) is 97.8 Å². The van der Waals surface area contributed by atoms with E-state index >= 15 is 0 Å². The second kappa shape index (κ2) is 15.8. The standard InChI is InChI=1S/C19H36O4/c1-4-5-6-7-8-9-10-11-12-13-14-15-18(20)22-16-23-19(21)17(2)3/h17H,4-16H2,1-3H3. The molecule has 0 saturated carbocycles. The van der Waals surface area contributed by atoms with Crippen LogP contribution in [-0.4, -0.2) is 18.7 Å². The lowest BCUT2D eigenvalue weighted by molar-refractivity contribution is -0.169. The maximum Gasteiger partial charge on any atom is 0.311 e. The fourth-order valence-corrected chi connectivity index (χ4v) is 2.33. The average molecular weight is 328 g/mol. The minimum atomic E-state index is -0.340. The molecule has 0 unspecified atom stereocenters. The van der Waals surface area contributed by atoms with Crippen LogP contribution in [0.1, 0.15) is 97.8 Å². The predicted molar refractivity (Wildman–Crippen MR) is 93.0 cm³/mol. The lowest BCUT2D eigenvalue weighted by Crippen LogP contribution is -2.16. The third-order valence-electron chi connectivity index (χ3n) is 3.88. The number of rotatable bonds is 15. The fourth-order valence-electron chi connectivity index (χ4n) is 2.33. The fraction of sp³-hybridized carbons (Fsp3) is 0.895. The van der Waals surface area contributed by atoms with Gasteiger partial charge in [-0.1, -0.05) is 85.0 Å². The van der Waals surface area contributed by atoms with Crippen LogP contribution in [-0.2, 0) is 19.1 Å². The van der Waals surface area contributed by atoms with Gasteiger partial charge < -0.3 is 9.47 Å². The SMILES string of the molecule is CCCCCCCCCCCCCC(=O)OCOC(=O)C(C)C. The molecule has 0 amide bonds. The molecule has 0 aromatic carbocycles. The lowest BCUT2D eigenvalue weighted by atomic mass is 10.1. The minimum absolute atomic E-state index is 0.194. The first-order chi connectivity index (χ1) is 11.1. The molecule has 0 heterocycles. The summed E-state index contributed by atoms with van der Waals surface area (Å²) in [5, 5.41) is 0. The van der Waals surface area contributed by atoms with Crippen molar-refractivity contribution in [2.24, 2.45) is 5.92 Å². The number of hydrogen-bond acceptors (Lipinski definition) is 4. The monoisotopic (exact) mass is 328 g/mol. The topological polar surface area (TPSA) is 52.6 Å². The van der Waals surface area contributed by atoms with Gasteiger partial charge in [0.2, 0.25) is 6.79 Å². The van der Waals surface area contributed by atoms with Gasteiger partial charge in [0.15, 0.2) is 0 Å². The summed E-state index contributed by atoms with van der Waals surface area (Å²) in [7, 11) is 0. The average Bonchev–Trinajstić information content (AvgIpc) is 2.52. The van der Waals surface area contributed by atoms with Crippen LogP contribution in [0.15, 0.2) is 0 Å². The van der Waals surface area contributed by atoms with Crippen molar-refractivity contribution in [3.63, 3.8) is 0 Å². The first kappa shape index (κ1) is 21.9. The van der Waals surface area contributed by atoms with Crippen molar-refractivity contribution in [1.29, 1.82) is 0 Å². The molecule has 0 radical (unpaired) electrons. The number of hydrogen-bond donors (Lipinski definition) is 0. The Hall–Kier alpha value is -1.06. The van der Waals surface area contributed by atoms with E-state index in [0.29, 0.717) is 6.42 Å². The van der Waals surface area contributed by atoms with Crippen LogP contribution in [0, 0.1) is 5.92 Å². The Morgan fingerprint density at radius 3 is 1.70 bits per heavy atom. The molecule has 0 atom stereocenters. The van der Waals surface area contributed by atoms with E-state index in [4.69, 9.17) is 9.47 Å². The van der Waals surface area contributed by atoms with Crippen molar-refractivity contribution in [1.82, 2.24) is 0 Å². The Labute approximate surface area is 142 Å². The van der Waals surface area contributed by atoms with Crippen LogP contribution >= 0.6 is 0 Å². The quantitative estimate of drug-likeness (QED) is 0.230. The molecule has 0 fully saturated rings. The number of esters is 2. The highest BCUT2D eigenvalue weighted by atomic mass is 16.7. The smallest absolute Gasteiger partial charge is 0.311 e. The predicted octanol–water partition coefficient (Wildman–Crippen LogP) is 5.39. The molecule has 0 N–H and O–H groups in total. The molecule has 4 heteroatoms. The highest BCUT2D eigenvalue weighted by molar-refractivity contribution is 5.72. The molecule has 23 heavy (non-hydrogen) atoms. The van der Waals surface area contributed by atoms with E-state index in [1.807, 2.05) is 0 Å². The summed E-state index contributed by atoms with van der Waals surface area (Å²) >= 11 is 0. The molecule has 0 saturated heterocycles. The van der Waals surface area contributed by atoms with E-state index in [1.165, 1.54) is 57.8 Å². The van der Waals surface area contributed by atoms with Gasteiger partial charge in [-0.15, -0.1) is 0 Å². The highest BCUT2D eigenvalue weighted by Crippen LogP contribution is 2.12. The first-order valence-corrected chi connectivity index (χ1v) is 9.40. The van der Waals surface area contributed by atoms with Crippen molar-refractivity contribution < 1.29 is 19.1 Å². The van der Waals surface area contributed by atoms with Crippen LogP contribution < -0.4 is 0 Å². The van der Waals surface area contributed by atoms with Crippen LogP contribution in [0.3, 0.4) is 0 Å². The first-order valence-electron chi connectivity index (χ1n) is 9.40. The van der Waals surface area contributed by atoms with Crippen molar-refractivity contribution in [3.05, 3.63) is 0 Å². The zero-order chi connectivity index (χ0) is 17.3. The molecule has 136 valence electrons. The van der Waals surface area contributed by atoms with Gasteiger partial charge in [-0.05, 0) is 6.42 Å². The minimum Gasteiger partial charge on any atom is -0.428 e. The molecule has 0 aliphatic rings. The third-order valence-corrected chi connectivity index (χ3v) is 3.88. The second-order valence-corrected chi connectivity index (χ2v) is 6.54. The van der Waals surface area contributed by atoms with Gasteiger partial charge in [0.25, 0.3) is 0 Å². The van der Waals surface area contributed by atoms with Gasteiger partial charge in [-0.3, -0.25) is 9.59 Å². The summed E-state index contributed by atoms with van der Waals surface area (Å²) in [4.78, 5) is 22.6. The van der Waals surface area contributed by atoms with Gasteiger partial charge in [0, 0.05) is 6.42 Å². The van der Waals surface area contributed by atoms with E-state index in [2.05, 4.69) is 6.92 Å². The summed E-state index contributed by atoms with van der Waals surface area (Å²) in [5.74, 6) is -0.815. The Bertz CT molecular complexity index is 300. The van der Waals surface area contributed by atoms with Crippen LogP contribution in [0.5, 0.6) is 0 Å². The van der Waals surface area contributed by atoms with Gasteiger partial charge in [-0.25, -0.2) is 0 Å². The van der Waals surface area contributed by atoms with E-state index in [0.717, 1.165) is 12.8 Å². The zero-order valence-electron chi connectivity index (χ0n) is 15.4. The largest absolute Gasteiger partial charge is 0.428 e. The molecule has 0 aromatic heterocycles. The van der Waals surface area contributed by atoms with Gasteiger partial charge in [-0.2, -0.15) is 0 Å². The van der Waals surface area contributed by atoms with E-state index in [9.17, 15) is 9.59 Å². The second-order valence-electron chi connectivity index (χ2n) is 6.54. The van der Waals surface area contributed by atoms with Gasteiger partial charge >= 0.3 is 11.9 Å². The number of ether oxygens (including phenoxy) is 2. The molecule has 0 rings (SSSR count). The summed E-state index contributed by atoms with van der Waals surface area (Å²) in [5.41, 5.74) is 0. The summed E-state index contributed by atoms with van der Waals surface area (Å²) < 4.78 is 9.67. The normalized spacial score (nSPS) is 10.8. The maximum absolute atomic E-state index is 11.4.